The Morgan fingerprint density at radius 3 is 2.82 bits per heavy atom. The Labute approximate surface area is 133 Å². The van der Waals surface area contributed by atoms with Crippen LogP contribution in [0.25, 0.3) is 17.6 Å². The van der Waals surface area contributed by atoms with Gasteiger partial charge in [-0.15, -0.1) is 5.10 Å². The molecule has 0 bridgehead atoms. The third-order valence-electron chi connectivity index (χ3n) is 2.63. The van der Waals surface area contributed by atoms with Gasteiger partial charge in [0.1, 0.15) is 12.1 Å². The van der Waals surface area contributed by atoms with E-state index in [4.69, 9.17) is 21.1 Å². The van der Waals surface area contributed by atoms with E-state index in [0.29, 0.717) is 16.6 Å². The number of hydrogen-bond donors (Lipinski definition) is 0. The van der Waals surface area contributed by atoms with Crippen molar-refractivity contribution >= 4 is 23.8 Å². The van der Waals surface area contributed by atoms with Crippen molar-refractivity contribution in [1.82, 2.24) is 14.8 Å². The topological polar surface area (TPSA) is 66.2 Å². The van der Waals surface area contributed by atoms with Gasteiger partial charge in [-0.05, 0) is 32.0 Å². The maximum Gasteiger partial charge on any atom is 0.332 e. The third kappa shape index (κ3) is 4.08. The minimum atomic E-state index is -0.431. The zero-order valence-electron chi connectivity index (χ0n) is 12.5. The molecule has 0 radical (unpaired) electrons. The molecule has 2 rings (SSSR count). The Morgan fingerprint density at radius 2 is 2.18 bits per heavy atom. The van der Waals surface area contributed by atoms with E-state index in [2.05, 4.69) is 10.1 Å². The second kappa shape index (κ2) is 7.09. The summed E-state index contributed by atoms with van der Waals surface area (Å²) in [5.74, 6) is 0.646. The van der Waals surface area contributed by atoms with Crippen molar-refractivity contribution in [3.05, 3.63) is 35.6 Å². The summed E-state index contributed by atoms with van der Waals surface area (Å²) in [7, 11) is 1.55. The van der Waals surface area contributed by atoms with E-state index in [9.17, 15) is 4.79 Å². The molecule has 0 aliphatic carbocycles. The van der Waals surface area contributed by atoms with Gasteiger partial charge in [-0.25, -0.2) is 14.5 Å². The van der Waals surface area contributed by atoms with Crippen molar-refractivity contribution in [3.8, 4) is 17.1 Å². The van der Waals surface area contributed by atoms with Gasteiger partial charge in [-0.2, -0.15) is 0 Å². The number of methoxy groups -OCH3 is 1. The van der Waals surface area contributed by atoms with Crippen molar-refractivity contribution in [3.63, 3.8) is 0 Å². The molecule has 22 heavy (non-hydrogen) atoms. The molecule has 0 unspecified atom stereocenters. The van der Waals surface area contributed by atoms with Crippen molar-refractivity contribution < 1.29 is 14.3 Å². The molecular formula is C15H16ClN3O3. The number of halogens is 1. The first-order valence-electron chi connectivity index (χ1n) is 6.63. The molecule has 116 valence electrons. The van der Waals surface area contributed by atoms with E-state index in [0.717, 1.165) is 5.56 Å². The molecule has 7 heteroatoms. The molecule has 0 aliphatic rings. The lowest BCUT2D eigenvalue weighted by atomic mass is 10.2. The fraction of sp³-hybridized carbons (Fsp3) is 0.267. The van der Waals surface area contributed by atoms with Crippen molar-refractivity contribution in [2.75, 3.05) is 7.11 Å². The number of nitrogens with zero attached hydrogens (tertiary/aromatic N) is 3. The van der Waals surface area contributed by atoms with Gasteiger partial charge in [0.15, 0.2) is 5.82 Å². The van der Waals surface area contributed by atoms with Gasteiger partial charge in [0.25, 0.3) is 0 Å². The highest BCUT2D eigenvalue weighted by Gasteiger charge is 2.07. The fourth-order valence-electron chi connectivity index (χ4n) is 1.69. The Kier molecular flexibility index (Phi) is 5.16. The van der Waals surface area contributed by atoms with Crippen LogP contribution in [0.2, 0.25) is 5.02 Å². The van der Waals surface area contributed by atoms with Crippen molar-refractivity contribution in [1.29, 1.82) is 0 Å². The molecule has 0 spiro atoms. The average molecular weight is 322 g/mol. The van der Waals surface area contributed by atoms with Crippen LogP contribution in [0.4, 0.5) is 0 Å². The summed E-state index contributed by atoms with van der Waals surface area (Å²) in [6, 6.07) is 5.27. The first-order chi connectivity index (χ1) is 10.5. The highest BCUT2D eigenvalue weighted by molar-refractivity contribution is 6.32. The summed E-state index contributed by atoms with van der Waals surface area (Å²) in [6.07, 6.45) is 4.10. The maximum atomic E-state index is 11.4. The lowest BCUT2D eigenvalue weighted by molar-refractivity contribution is -0.141. The summed E-state index contributed by atoms with van der Waals surface area (Å²) in [4.78, 5) is 15.6. The first kappa shape index (κ1) is 16.0. The molecule has 1 heterocycles. The standard InChI is InChI=1S/C15H16ClN3O3/c1-10(2)22-14(20)6-7-19-9-17-15(18-19)11-4-5-13(21-3)12(16)8-11/h4-10H,1-3H3/b7-6+. The van der Waals surface area contributed by atoms with E-state index in [1.54, 1.807) is 39.2 Å². The Hall–Kier alpha value is -2.34. The van der Waals surface area contributed by atoms with Gasteiger partial charge < -0.3 is 9.47 Å². The van der Waals surface area contributed by atoms with Gasteiger partial charge in [0.2, 0.25) is 0 Å². The van der Waals surface area contributed by atoms with E-state index in [1.807, 2.05) is 0 Å². The number of carbonyl (C=O) groups is 1. The number of benzene rings is 1. The highest BCUT2D eigenvalue weighted by Crippen LogP contribution is 2.28. The number of carbonyl (C=O) groups excluding carboxylic acids is 1. The zero-order chi connectivity index (χ0) is 16.1. The quantitative estimate of drug-likeness (QED) is 0.625. The highest BCUT2D eigenvalue weighted by atomic mass is 35.5. The van der Waals surface area contributed by atoms with E-state index in [-0.39, 0.29) is 6.10 Å². The molecule has 1 aromatic heterocycles. The second-order valence-electron chi connectivity index (χ2n) is 4.70. The van der Waals surface area contributed by atoms with E-state index >= 15 is 0 Å². The largest absolute Gasteiger partial charge is 0.495 e. The third-order valence-corrected chi connectivity index (χ3v) is 2.93. The predicted octanol–water partition coefficient (Wildman–Crippen LogP) is 3.03. The van der Waals surface area contributed by atoms with E-state index in [1.165, 1.54) is 23.3 Å². The Bertz CT molecular complexity index is 695. The van der Waals surface area contributed by atoms with E-state index < -0.39 is 5.97 Å². The van der Waals surface area contributed by atoms with Gasteiger partial charge in [-0.3, -0.25) is 0 Å². The summed E-state index contributed by atoms with van der Waals surface area (Å²) in [5.41, 5.74) is 0.753. The molecule has 0 aliphatic heterocycles. The summed E-state index contributed by atoms with van der Waals surface area (Å²) < 4.78 is 11.5. The molecule has 0 atom stereocenters. The molecule has 0 saturated carbocycles. The van der Waals surface area contributed by atoms with Crippen LogP contribution in [-0.2, 0) is 9.53 Å². The summed E-state index contributed by atoms with van der Waals surface area (Å²) in [6.45, 7) is 3.57. The molecule has 0 N–H and O–H groups in total. The summed E-state index contributed by atoms with van der Waals surface area (Å²) >= 11 is 6.07. The Balaban J connectivity index is 2.13. The van der Waals surface area contributed by atoms with Crippen LogP contribution in [-0.4, -0.2) is 33.9 Å². The van der Waals surface area contributed by atoms with Crippen LogP contribution in [0.5, 0.6) is 5.75 Å². The fourth-order valence-corrected chi connectivity index (χ4v) is 1.95. The number of ether oxygens (including phenoxy) is 2. The van der Waals surface area contributed by atoms with Crippen LogP contribution in [0.3, 0.4) is 0 Å². The number of esters is 1. The summed E-state index contributed by atoms with van der Waals surface area (Å²) in [5, 5.41) is 4.72. The SMILES string of the molecule is COc1ccc(-c2ncn(/C=C/C(=O)OC(C)C)n2)cc1Cl. The molecule has 0 fully saturated rings. The minimum Gasteiger partial charge on any atom is -0.495 e. The minimum absolute atomic E-state index is 0.162. The molecule has 1 aromatic carbocycles. The second-order valence-corrected chi connectivity index (χ2v) is 5.11. The number of rotatable bonds is 5. The molecule has 0 amide bonds. The van der Waals surface area contributed by atoms with Crippen LogP contribution in [0, 0.1) is 0 Å². The van der Waals surface area contributed by atoms with Crippen LogP contribution in [0.1, 0.15) is 13.8 Å². The molecular weight excluding hydrogens is 306 g/mol. The van der Waals surface area contributed by atoms with Crippen LogP contribution >= 0.6 is 11.6 Å². The van der Waals surface area contributed by atoms with Crippen molar-refractivity contribution in [2.24, 2.45) is 0 Å². The average Bonchev–Trinajstić information content (AvgIpc) is 2.93. The monoisotopic (exact) mass is 321 g/mol. The van der Waals surface area contributed by atoms with Gasteiger partial charge in [0, 0.05) is 17.8 Å². The van der Waals surface area contributed by atoms with Gasteiger partial charge in [0.05, 0.1) is 18.2 Å². The molecule has 2 aromatic rings. The molecule has 0 saturated heterocycles. The van der Waals surface area contributed by atoms with Gasteiger partial charge in [-0.1, -0.05) is 11.6 Å². The Morgan fingerprint density at radius 1 is 1.41 bits per heavy atom. The number of aromatic nitrogens is 3. The maximum absolute atomic E-state index is 11.4. The lowest BCUT2D eigenvalue weighted by Crippen LogP contribution is -2.08. The smallest absolute Gasteiger partial charge is 0.332 e. The molecule has 6 nitrogen and oxygen atoms in total. The normalized spacial score (nSPS) is 11.1. The van der Waals surface area contributed by atoms with Gasteiger partial charge >= 0.3 is 5.97 Å². The predicted molar refractivity (Wildman–Crippen MR) is 83.6 cm³/mol. The lowest BCUT2D eigenvalue weighted by Gasteiger charge is -2.03. The van der Waals surface area contributed by atoms with Crippen molar-refractivity contribution in [2.45, 2.75) is 20.0 Å². The number of hydrogen-bond acceptors (Lipinski definition) is 5. The zero-order valence-corrected chi connectivity index (χ0v) is 13.2. The van der Waals surface area contributed by atoms with Crippen LogP contribution < -0.4 is 4.74 Å². The van der Waals surface area contributed by atoms with Crippen LogP contribution in [0.15, 0.2) is 30.6 Å². The first-order valence-corrected chi connectivity index (χ1v) is 7.01.